The Hall–Kier alpha value is -1.30. The SMILES string of the molecule is C=CC1=CCC1Cc1ccccc1. The third-order valence-corrected chi connectivity index (χ3v) is 2.67. The number of allylic oxidation sites excluding steroid dienone is 3. The van der Waals surface area contributed by atoms with Gasteiger partial charge >= 0.3 is 0 Å². The van der Waals surface area contributed by atoms with Gasteiger partial charge in [-0.3, -0.25) is 0 Å². The van der Waals surface area contributed by atoms with E-state index in [1.54, 1.807) is 0 Å². The molecule has 1 aromatic carbocycles. The van der Waals surface area contributed by atoms with Crippen LogP contribution in [0.5, 0.6) is 0 Å². The fraction of sp³-hybridized carbons (Fsp3) is 0.231. The Labute approximate surface area is 79.6 Å². The lowest BCUT2D eigenvalue weighted by Crippen LogP contribution is -2.13. The van der Waals surface area contributed by atoms with Crippen molar-refractivity contribution < 1.29 is 0 Å². The first-order valence-electron chi connectivity index (χ1n) is 4.76. The molecule has 1 aliphatic carbocycles. The topological polar surface area (TPSA) is 0 Å². The van der Waals surface area contributed by atoms with Crippen molar-refractivity contribution in [3.63, 3.8) is 0 Å². The van der Waals surface area contributed by atoms with Crippen molar-refractivity contribution in [1.29, 1.82) is 0 Å². The highest BCUT2D eigenvalue weighted by Crippen LogP contribution is 2.30. The molecule has 2 rings (SSSR count). The highest BCUT2D eigenvalue weighted by Gasteiger charge is 2.18. The average Bonchev–Trinajstić information content (AvgIpc) is 2.15. The van der Waals surface area contributed by atoms with Gasteiger partial charge in [-0.15, -0.1) is 0 Å². The van der Waals surface area contributed by atoms with Crippen molar-refractivity contribution in [2.24, 2.45) is 5.92 Å². The fourth-order valence-electron chi connectivity index (χ4n) is 1.77. The van der Waals surface area contributed by atoms with E-state index in [-0.39, 0.29) is 0 Å². The first-order chi connectivity index (χ1) is 6.40. The van der Waals surface area contributed by atoms with Gasteiger partial charge in [0, 0.05) is 0 Å². The molecule has 1 unspecified atom stereocenters. The van der Waals surface area contributed by atoms with Crippen LogP contribution in [0.1, 0.15) is 12.0 Å². The van der Waals surface area contributed by atoms with Gasteiger partial charge in [0.05, 0.1) is 0 Å². The maximum absolute atomic E-state index is 3.81. The molecule has 0 nitrogen and oxygen atoms in total. The van der Waals surface area contributed by atoms with Crippen molar-refractivity contribution in [2.75, 3.05) is 0 Å². The number of rotatable bonds is 3. The van der Waals surface area contributed by atoms with Gasteiger partial charge in [-0.2, -0.15) is 0 Å². The van der Waals surface area contributed by atoms with Crippen molar-refractivity contribution in [3.05, 3.63) is 60.2 Å². The molecular formula is C13H14. The summed E-state index contributed by atoms with van der Waals surface area (Å²) in [5, 5.41) is 0. The Morgan fingerprint density at radius 1 is 1.31 bits per heavy atom. The minimum atomic E-state index is 0.722. The predicted molar refractivity (Wildman–Crippen MR) is 56.5 cm³/mol. The van der Waals surface area contributed by atoms with Crippen LogP contribution in [0.25, 0.3) is 0 Å². The zero-order chi connectivity index (χ0) is 9.10. The summed E-state index contributed by atoms with van der Waals surface area (Å²) in [4.78, 5) is 0. The van der Waals surface area contributed by atoms with E-state index in [1.165, 1.54) is 24.0 Å². The third-order valence-electron chi connectivity index (χ3n) is 2.67. The third kappa shape index (κ3) is 1.72. The smallest absolute Gasteiger partial charge is 0.00901 e. The van der Waals surface area contributed by atoms with Gasteiger partial charge in [0.2, 0.25) is 0 Å². The molecule has 66 valence electrons. The normalized spacial score (nSPS) is 20.3. The quantitative estimate of drug-likeness (QED) is 0.652. The lowest BCUT2D eigenvalue weighted by atomic mass is 9.80. The highest BCUT2D eigenvalue weighted by molar-refractivity contribution is 5.30. The molecule has 0 N–H and O–H groups in total. The van der Waals surface area contributed by atoms with Crippen LogP contribution in [-0.2, 0) is 6.42 Å². The van der Waals surface area contributed by atoms with Crippen molar-refractivity contribution >= 4 is 0 Å². The van der Waals surface area contributed by atoms with Crippen molar-refractivity contribution in [2.45, 2.75) is 12.8 Å². The van der Waals surface area contributed by atoms with Crippen LogP contribution < -0.4 is 0 Å². The Balaban J connectivity index is 2.01. The average molecular weight is 170 g/mol. The van der Waals surface area contributed by atoms with Gasteiger partial charge in [0.15, 0.2) is 0 Å². The van der Waals surface area contributed by atoms with E-state index < -0.39 is 0 Å². The first-order valence-corrected chi connectivity index (χ1v) is 4.76. The maximum Gasteiger partial charge on any atom is -0.00901 e. The van der Waals surface area contributed by atoms with Crippen LogP contribution in [0.15, 0.2) is 54.6 Å². The standard InChI is InChI=1S/C13H14/c1-2-12-8-9-13(12)10-11-6-4-3-5-7-11/h2-8,13H,1,9-10H2. The van der Waals surface area contributed by atoms with E-state index in [2.05, 4.69) is 43.0 Å². The van der Waals surface area contributed by atoms with Gasteiger partial charge in [0.25, 0.3) is 0 Å². The molecule has 0 heteroatoms. The van der Waals surface area contributed by atoms with Crippen LogP contribution in [0, 0.1) is 5.92 Å². The molecule has 0 heterocycles. The van der Waals surface area contributed by atoms with E-state index in [1.807, 2.05) is 6.08 Å². The summed E-state index contributed by atoms with van der Waals surface area (Å²) in [5.74, 6) is 0.722. The maximum atomic E-state index is 3.81. The monoisotopic (exact) mass is 170 g/mol. The largest absolute Gasteiger partial charge is 0.0988 e. The minimum absolute atomic E-state index is 0.722. The molecule has 0 radical (unpaired) electrons. The second kappa shape index (κ2) is 3.61. The summed E-state index contributed by atoms with van der Waals surface area (Å²) in [6.07, 6.45) is 6.63. The van der Waals surface area contributed by atoms with Gasteiger partial charge in [-0.1, -0.05) is 49.1 Å². The van der Waals surface area contributed by atoms with E-state index in [0.29, 0.717) is 0 Å². The molecule has 1 aromatic rings. The van der Waals surface area contributed by atoms with Gasteiger partial charge in [-0.05, 0) is 29.9 Å². The molecule has 0 amide bonds. The first kappa shape index (κ1) is 8.31. The molecule has 0 fully saturated rings. The highest BCUT2D eigenvalue weighted by atomic mass is 14.2. The van der Waals surface area contributed by atoms with Gasteiger partial charge in [-0.25, -0.2) is 0 Å². The number of hydrogen-bond donors (Lipinski definition) is 0. The second-order valence-corrected chi connectivity index (χ2v) is 3.53. The Kier molecular flexibility index (Phi) is 2.31. The predicted octanol–water partition coefficient (Wildman–Crippen LogP) is 3.36. The van der Waals surface area contributed by atoms with E-state index >= 15 is 0 Å². The van der Waals surface area contributed by atoms with Gasteiger partial charge < -0.3 is 0 Å². The van der Waals surface area contributed by atoms with E-state index in [9.17, 15) is 0 Å². The van der Waals surface area contributed by atoms with Crippen LogP contribution in [0.4, 0.5) is 0 Å². The molecule has 0 bridgehead atoms. The molecule has 0 aliphatic heterocycles. The van der Waals surface area contributed by atoms with Crippen molar-refractivity contribution in [1.82, 2.24) is 0 Å². The second-order valence-electron chi connectivity index (χ2n) is 3.53. The van der Waals surface area contributed by atoms with Crippen molar-refractivity contribution in [3.8, 4) is 0 Å². The Bertz CT molecular complexity index is 319. The molecule has 0 saturated carbocycles. The van der Waals surface area contributed by atoms with Gasteiger partial charge in [0.1, 0.15) is 0 Å². The summed E-state index contributed by atoms with van der Waals surface area (Å²) in [6.45, 7) is 3.81. The molecule has 0 aromatic heterocycles. The number of benzene rings is 1. The molecule has 1 aliphatic rings. The van der Waals surface area contributed by atoms with E-state index in [0.717, 1.165) is 5.92 Å². The molecular weight excluding hydrogens is 156 g/mol. The molecule has 0 spiro atoms. The lowest BCUT2D eigenvalue weighted by molar-refractivity contribution is 0.576. The summed E-state index contributed by atoms with van der Waals surface area (Å²) in [6, 6.07) is 10.7. The summed E-state index contributed by atoms with van der Waals surface area (Å²) in [7, 11) is 0. The Morgan fingerprint density at radius 2 is 2.08 bits per heavy atom. The summed E-state index contributed by atoms with van der Waals surface area (Å²) >= 11 is 0. The summed E-state index contributed by atoms with van der Waals surface area (Å²) in [5.41, 5.74) is 2.85. The zero-order valence-corrected chi connectivity index (χ0v) is 7.74. The Morgan fingerprint density at radius 3 is 2.62 bits per heavy atom. The van der Waals surface area contributed by atoms with Crippen LogP contribution in [0.2, 0.25) is 0 Å². The minimum Gasteiger partial charge on any atom is -0.0988 e. The van der Waals surface area contributed by atoms with E-state index in [4.69, 9.17) is 0 Å². The molecule has 13 heavy (non-hydrogen) atoms. The van der Waals surface area contributed by atoms with Crippen LogP contribution >= 0.6 is 0 Å². The zero-order valence-electron chi connectivity index (χ0n) is 7.74. The fourth-order valence-corrected chi connectivity index (χ4v) is 1.77. The molecule has 1 atom stereocenters. The van der Waals surface area contributed by atoms with Crippen LogP contribution in [-0.4, -0.2) is 0 Å². The number of hydrogen-bond acceptors (Lipinski definition) is 0. The molecule has 0 saturated heterocycles. The van der Waals surface area contributed by atoms with Crippen LogP contribution in [0.3, 0.4) is 0 Å². The lowest BCUT2D eigenvalue weighted by Gasteiger charge is -2.24. The summed E-state index contributed by atoms with van der Waals surface area (Å²) < 4.78 is 0.